The van der Waals surface area contributed by atoms with E-state index in [0.29, 0.717) is 0 Å². The topological polar surface area (TPSA) is 71.1 Å². The highest BCUT2D eigenvalue weighted by molar-refractivity contribution is 7.48. The molecule has 6 nitrogen and oxygen atoms in total. The van der Waals surface area contributed by atoms with Gasteiger partial charge >= 0.3 is 13.8 Å². The lowest BCUT2D eigenvalue weighted by Crippen LogP contribution is -2.02. The van der Waals surface area contributed by atoms with Crippen LogP contribution in [0.15, 0.2) is 11.8 Å². The molecule has 0 bridgehead atoms. The largest absolute Gasteiger partial charge is 0.528 e. The van der Waals surface area contributed by atoms with Crippen LogP contribution in [0.5, 0.6) is 0 Å². The monoisotopic (exact) mass is 224 g/mol. The summed E-state index contributed by atoms with van der Waals surface area (Å²) in [6.07, 6.45) is 0.972. The van der Waals surface area contributed by atoms with E-state index in [-0.39, 0.29) is 5.57 Å². The Morgan fingerprint density at radius 1 is 1.21 bits per heavy atom. The van der Waals surface area contributed by atoms with Crippen molar-refractivity contribution >= 4 is 13.8 Å². The van der Waals surface area contributed by atoms with Crippen molar-refractivity contribution in [2.75, 3.05) is 21.3 Å². The SMILES string of the molecule is COC(=O)C(C)=COP(=O)(OC)OC. The van der Waals surface area contributed by atoms with Gasteiger partial charge in [0.25, 0.3) is 0 Å². The lowest BCUT2D eigenvalue weighted by molar-refractivity contribution is -0.136. The number of ether oxygens (including phenoxy) is 1. The fourth-order valence-corrected chi connectivity index (χ4v) is 1.12. The van der Waals surface area contributed by atoms with E-state index < -0.39 is 13.8 Å². The van der Waals surface area contributed by atoms with Crippen LogP contribution in [-0.2, 0) is 27.7 Å². The van der Waals surface area contributed by atoms with E-state index in [9.17, 15) is 9.36 Å². The van der Waals surface area contributed by atoms with Crippen LogP contribution in [0.25, 0.3) is 0 Å². The molecule has 0 atom stereocenters. The molecule has 0 heterocycles. The number of esters is 1. The first-order valence-electron chi connectivity index (χ1n) is 3.64. The molecule has 0 aliphatic heterocycles. The maximum Gasteiger partial charge on any atom is 0.528 e. The summed E-state index contributed by atoms with van der Waals surface area (Å²) in [4.78, 5) is 10.9. The van der Waals surface area contributed by atoms with E-state index in [1.54, 1.807) is 0 Å². The minimum atomic E-state index is -3.57. The van der Waals surface area contributed by atoms with Crippen molar-refractivity contribution in [2.45, 2.75) is 6.92 Å². The quantitative estimate of drug-likeness (QED) is 0.305. The molecule has 0 unspecified atom stereocenters. The Morgan fingerprint density at radius 2 is 1.71 bits per heavy atom. The van der Waals surface area contributed by atoms with Gasteiger partial charge in [-0.05, 0) is 6.92 Å². The Bertz CT molecular complexity index is 263. The second kappa shape index (κ2) is 5.80. The molecule has 0 saturated carbocycles. The van der Waals surface area contributed by atoms with Crippen LogP contribution < -0.4 is 0 Å². The molecule has 0 aliphatic rings. The lowest BCUT2D eigenvalue weighted by Gasteiger charge is -2.11. The Kier molecular flexibility index (Phi) is 5.45. The van der Waals surface area contributed by atoms with Gasteiger partial charge in [-0.2, -0.15) is 0 Å². The number of carbonyl (C=O) groups excluding carboxylic acids is 1. The van der Waals surface area contributed by atoms with Crippen molar-refractivity contribution in [3.8, 4) is 0 Å². The summed E-state index contributed by atoms with van der Waals surface area (Å²) in [6, 6.07) is 0. The Balaban J connectivity index is 4.41. The summed E-state index contributed by atoms with van der Waals surface area (Å²) in [7, 11) is 0.00314. The van der Waals surface area contributed by atoms with Crippen LogP contribution in [0.4, 0.5) is 0 Å². The molecule has 0 aliphatic carbocycles. The number of hydrogen-bond donors (Lipinski definition) is 0. The van der Waals surface area contributed by atoms with Crippen LogP contribution >= 0.6 is 7.82 Å². The van der Waals surface area contributed by atoms with Crippen LogP contribution in [-0.4, -0.2) is 27.3 Å². The van der Waals surface area contributed by atoms with Crippen molar-refractivity contribution in [3.05, 3.63) is 11.8 Å². The third-order valence-corrected chi connectivity index (χ3v) is 2.57. The van der Waals surface area contributed by atoms with Gasteiger partial charge in [0.15, 0.2) is 0 Å². The fraction of sp³-hybridized carbons (Fsp3) is 0.571. The zero-order valence-corrected chi connectivity index (χ0v) is 9.37. The number of rotatable bonds is 5. The fourth-order valence-electron chi connectivity index (χ4n) is 0.513. The van der Waals surface area contributed by atoms with Gasteiger partial charge in [0, 0.05) is 14.2 Å². The maximum atomic E-state index is 11.3. The molecular weight excluding hydrogens is 211 g/mol. The molecule has 0 amide bonds. The molecule has 0 aromatic heterocycles. The molecule has 14 heavy (non-hydrogen) atoms. The van der Waals surface area contributed by atoms with Gasteiger partial charge in [0.1, 0.15) is 6.26 Å². The van der Waals surface area contributed by atoms with Gasteiger partial charge in [-0.1, -0.05) is 0 Å². The third-order valence-electron chi connectivity index (χ3n) is 1.31. The van der Waals surface area contributed by atoms with Gasteiger partial charge < -0.3 is 9.26 Å². The molecule has 0 radical (unpaired) electrons. The number of phosphoric acid groups is 1. The Morgan fingerprint density at radius 3 is 2.07 bits per heavy atom. The Hall–Kier alpha value is -0.840. The van der Waals surface area contributed by atoms with Gasteiger partial charge in [0.05, 0.1) is 12.7 Å². The van der Waals surface area contributed by atoms with Crippen molar-refractivity contribution < 1.29 is 27.7 Å². The summed E-state index contributed by atoms with van der Waals surface area (Å²) in [5.74, 6) is -0.580. The molecule has 0 aromatic rings. The smallest absolute Gasteiger partial charge is 0.466 e. The normalized spacial score (nSPS) is 12.4. The van der Waals surface area contributed by atoms with Crippen LogP contribution in [0.1, 0.15) is 6.92 Å². The van der Waals surface area contributed by atoms with Crippen LogP contribution in [0, 0.1) is 0 Å². The van der Waals surface area contributed by atoms with Crippen molar-refractivity contribution in [1.82, 2.24) is 0 Å². The van der Waals surface area contributed by atoms with Gasteiger partial charge in [0.2, 0.25) is 0 Å². The second-order valence-corrected chi connectivity index (χ2v) is 4.05. The highest BCUT2D eigenvalue weighted by Gasteiger charge is 2.22. The van der Waals surface area contributed by atoms with E-state index in [2.05, 4.69) is 18.3 Å². The maximum absolute atomic E-state index is 11.3. The summed E-state index contributed by atoms with van der Waals surface area (Å²) < 4.78 is 29.3. The van der Waals surface area contributed by atoms with E-state index in [1.807, 2.05) is 0 Å². The highest BCUT2D eigenvalue weighted by Crippen LogP contribution is 2.47. The van der Waals surface area contributed by atoms with Crippen molar-refractivity contribution in [1.29, 1.82) is 0 Å². The second-order valence-electron chi connectivity index (χ2n) is 2.21. The molecular formula is C7H13O6P. The number of carbonyl (C=O) groups is 1. The van der Waals surface area contributed by atoms with Gasteiger partial charge in [-0.15, -0.1) is 0 Å². The average Bonchev–Trinajstić information content (AvgIpc) is 2.24. The van der Waals surface area contributed by atoms with Gasteiger partial charge in [-0.25, -0.2) is 9.36 Å². The summed E-state index contributed by atoms with van der Waals surface area (Å²) in [5, 5.41) is 0. The zero-order chi connectivity index (χ0) is 11.2. The van der Waals surface area contributed by atoms with E-state index in [0.717, 1.165) is 6.26 Å². The van der Waals surface area contributed by atoms with E-state index >= 15 is 0 Å². The van der Waals surface area contributed by atoms with E-state index in [1.165, 1.54) is 28.3 Å². The molecule has 0 rings (SSSR count). The minimum absolute atomic E-state index is 0.154. The first-order valence-corrected chi connectivity index (χ1v) is 5.10. The summed E-state index contributed by atoms with van der Waals surface area (Å²) in [5.41, 5.74) is 0.154. The first-order chi connectivity index (χ1) is 6.49. The van der Waals surface area contributed by atoms with Crippen LogP contribution in [0.2, 0.25) is 0 Å². The molecule has 0 N–H and O–H groups in total. The third kappa shape index (κ3) is 3.91. The number of methoxy groups -OCH3 is 1. The highest BCUT2D eigenvalue weighted by atomic mass is 31.2. The first kappa shape index (κ1) is 13.2. The van der Waals surface area contributed by atoms with E-state index in [4.69, 9.17) is 0 Å². The van der Waals surface area contributed by atoms with Gasteiger partial charge in [-0.3, -0.25) is 9.05 Å². The molecule has 82 valence electrons. The number of phosphoric ester groups is 1. The molecule has 0 saturated heterocycles. The summed E-state index contributed by atoms with van der Waals surface area (Å²) in [6.45, 7) is 1.45. The van der Waals surface area contributed by atoms with Crippen molar-refractivity contribution in [2.24, 2.45) is 0 Å². The summed E-state index contributed by atoms with van der Waals surface area (Å²) >= 11 is 0. The zero-order valence-electron chi connectivity index (χ0n) is 8.47. The molecule has 0 spiro atoms. The average molecular weight is 224 g/mol. The predicted molar refractivity (Wildman–Crippen MR) is 48.5 cm³/mol. The molecule has 0 fully saturated rings. The van der Waals surface area contributed by atoms with Crippen molar-refractivity contribution in [3.63, 3.8) is 0 Å². The standard InChI is InChI=1S/C7H13O6P/c1-6(7(8)10-2)5-13-14(9,11-3)12-4/h5H,1-4H3. The molecule has 7 heteroatoms. The minimum Gasteiger partial charge on any atom is -0.466 e. The predicted octanol–water partition coefficient (Wildman–Crippen LogP) is 1.48. The lowest BCUT2D eigenvalue weighted by atomic mass is 10.3. The molecule has 0 aromatic carbocycles. The number of hydrogen-bond acceptors (Lipinski definition) is 6. The Labute approximate surface area is 82.4 Å². The van der Waals surface area contributed by atoms with Crippen LogP contribution in [0.3, 0.4) is 0 Å².